The van der Waals surface area contributed by atoms with Crippen molar-refractivity contribution in [3.05, 3.63) is 41.6 Å². The minimum Gasteiger partial charge on any atom is -0.497 e. The van der Waals surface area contributed by atoms with Gasteiger partial charge in [-0.3, -0.25) is 14.9 Å². The number of rotatable bonds is 6. The summed E-state index contributed by atoms with van der Waals surface area (Å²) in [6, 6.07) is 9.36. The summed E-state index contributed by atoms with van der Waals surface area (Å²) in [5.74, 6) is 1.62. The molecule has 28 heavy (non-hydrogen) atoms. The van der Waals surface area contributed by atoms with E-state index in [0.29, 0.717) is 18.2 Å². The number of benzene rings is 1. The lowest BCUT2D eigenvalue weighted by molar-refractivity contribution is -0.125. The summed E-state index contributed by atoms with van der Waals surface area (Å²) in [6.45, 7) is 1.96. The molecule has 0 spiro atoms. The highest BCUT2D eigenvalue weighted by molar-refractivity contribution is 5.91. The SMILES string of the molecule is COc1ccc(CC(=O)Nc2cc(C3CC3)nn2C2NC(=O)CC(C)N2)cc1. The van der Waals surface area contributed by atoms with Gasteiger partial charge in [-0.25, -0.2) is 4.68 Å². The average Bonchev–Trinajstić information content (AvgIpc) is 3.42. The first kappa shape index (κ1) is 18.5. The van der Waals surface area contributed by atoms with Crippen LogP contribution >= 0.6 is 0 Å². The molecule has 148 valence electrons. The minimum absolute atomic E-state index is 0.0322. The first-order valence-electron chi connectivity index (χ1n) is 9.59. The highest BCUT2D eigenvalue weighted by atomic mass is 16.5. The van der Waals surface area contributed by atoms with Crippen molar-refractivity contribution in [3.8, 4) is 5.75 Å². The molecule has 0 bridgehead atoms. The number of ether oxygens (including phenoxy) is 1. The van der Waals surface area contributed by atoms with Crippen molar-refractivity contribution >= 4 is 17.6 Å². The van der Waals surface area contributed by atoms with Gasteiger partial charge in [-0.2, -0.15) is 5.10 Å². The molecule has 2 amide bonds. The molecule has 1 aromatic heterocycles. The Hall–Kier alpha value is -2.87. The highest BCUT2D eigenvalue weighted by Crippen LogP contribution is 2.40. The second kappa shape index (κ2) is 7.63. The Bertz CT molecular complexity index is 872. The van der Waals surface area contributed by atoms with Crippen LogP contribution in [-0.2, 0) is 16.0 Å². The lowest BCUT2D eigenvalue weighted by Gasteiger charge is -2.30. The largest absolute Gasteiger partial charge is 0.497 e. The summed E-state index contributed by atoms with van der Waals surface area (Å²) in [5, 5.41) is 13.8. The molecule has 2 fully saturated rings. The number of aromatic nitrogens is 2. The minimum atomic E-state index is -0.472. The third-order valence-electron chi connectivity index (χ3n) is 5.02. The fourth-order valence-corrected chi connectivity index (χ4v) is 3.39. The van der Waals surface area contributed by atoms with Crippen molar-refractivity contribution < 1.29 is 14.3 Å². The van der Waals surface area contributed by atoms with E-state index < -0.39 is 6.29 Å². The lowest BCUT2D eigenvalue weighted by atomic mass is 10.1. The molecule has 3 N–H and O–H groups in total. The van der Waals surface area contributed by atoms with E-state index in [1.165, 1.54) is 0 Å². The van der Waals surface area contributed by atoms with Crippen LogP contribution in [0.3, 0.4) is 0 Å². The zero-order valence-corrected chi connectivity index (χ0v) is 16.1. The molecule has 2 aromatic rings. The van der Waals surface area contributed by atoms with Gasteiger partial charge >= 0.3 is 0 Å². The van der Waals surface area contributed by atoms with Crippen LogP contribution in [0.25, 0.3) is 0 Å². The maximum Gasteiger partial charge on any atom is 0.229 e. The van der Waals surface area contributed by atoms with Crippen LogP contribution in [0.15, 0.2) is 30.3 Å². The molecule has 1 aromatic carbocycles. The summed E-state index contributed by atoms with van der Waals surface area (Å²) >= 11 is 0. The normalized spacial score (nSPS) is 21.9. The Morgan fingerprint density at radius 1 is 1.32 bits per heavy atom. The molecule has 2 heterocycles. The number of hydrogen-bond donors (Lipinski definition) is 3. The molecular formula is C20H25N5O3. The smallest absolute Gasteiger partial charge is 0.229 e. The molecule has 1 saturated heterocycles. The molecular weight excluding hydrogens is 358 g/mol. The fraction of sp³-hybridized carbons (Fsp3) is 0.450. The van der Waals surface area contributed by atoms with Crippen LogP contribution in [0.4, 0.5) is 5.82 Å². The number of nitrogens with zero attached hydrogens (tertiary/aromatic N) is 2. The Balaban J connectivity index is 1.51. The van der Waals surface area contributed by atoms with Gasteiger partial charge in [-0.15, -0.1) is 0 Å². The third kappa shape index (κ3) is 4.17. The third-order valence-corrected chi connectivity index (χ3v) is 5.02. The zero-order valence-electron chi connectivity index (χ0n) is 16.1. The number of carbonyl (C=O) groups excluding carboxylic acids is 2. The molecule has 1 saturated carbocycles. The van der Waals surface area contributed by atoms with Gasteiger partial charge in [0.2, 0.25) is 11.8 Å². The summed E-state index contributed by atoms with van der Waals surface area (Å²) in [4.78, 5) is 24.6. The van der Waals surface area contributed by atoms with Crippen molar-refractivity contribution in [2.75, 3.05) is 12.4 Å². The second-order valence-electron chi connectivity index (χ2n) is 7.49. The Kier molecular flexibility index (Phi) is 5.04. The van der Waals surface area contributed by atoms with Crippen LogP contribution in [0.5, 0.6) is 5.75 Å². The number of hydrogen-bond acceptors (Lipinski definition) is 5. The van der Waals surface area contributed by atoms with Gasteiger partial charge in [0.1, 0.15) is 11.6 Å². The van der Waals surface area contributed by atoms with E-state index in [0.717, 1.165) is 29.8 Å². The highest BCUT2D eigenvalue weighted by Gasteiger charge is 2.31. The van der Waals surface area contributed by atoms with Gasteiger partial charge in [-0.1, -0.05) is 12.1 Å². The molecule has 2 aliphatic rings. The molecule has 1 aliphatic heterocycles. The van der Waals surface area contributed by atoms with Crippen LogP contribution < -0.4 is 20.7 Å². The van der Waals surface area contributed by atoms with Gasteiger partial charge < -0.3 is 15.4 Å². The fourth-order valence-electron chi connectivity index (χ4n) is 3.39. The maximum atomic E-state index is 12.6. The number of carbonyl (C=O) groups is 2. The van der Waals surface area contributed by atoms with E-state index in [1.807, 2.05) is 37.3 Å². The number of nitrogens with one attached hydrogen (secondary N) is 3. The monoisotopic (exact) mass is 383 g/mol. The summed E-state index contributed by atoms with van der Waals surface area (Å²) in [7, 11) is 1.61. The van der Waals surface area contributed by atoms with Gasteiger partial charge in [-0.05, 0) is 37.5 Å². The molecule has 1 aliphatic carbocycles. The predicted molar refractivity (Wildman–Crippen MR) is 104 cm³/mol. The zero-order chi connectivity index (χ0) is 19.7. The first-order chi connectivity index (χ1) is 13.5. The van der Waals surface area contributed by atoms with E-state index in [4.69, 9.17) is 4.74 Å². The number of anilines is 1. The van der Waals surface area contributed by atoms with Crippen molar-refractivity contribution in [2.24, 2.45) is 0 Å². The first-order valence-corrected chi connectivity index (χ1v) is 9.59. The lowest BCUT2D eigenvalue weighted by Crippen LogP contribution is -2.52. The van der Waals surface area contributed by atoms with Crippen LogP contribution in [0.1, 0.15) is 49.7 Å². The molecule has 8 heteroatoms. The van der Waals surface area contributed by atoms with Crippen LogP contribution in [-0.4, -0.2) is 34.7 Å². The quantitative estimate of drug-likeness (QED) is 0.708. The van der Waals surface area contributed by atoms with Crippen molar-refractivity contribution in [2.45, 2.75) is 50.9 Å². The summed E-state index contributed by atoms with van der Waals surface area (Å²) in [6.07, 6.45) is 2.41. The van der Waals surface area contributed by atoms with Gasteiger partial charge in [0.25, 0.3) is 0 Å². The Labute approximate surface area is 163 Å². The van der Waals surface area contributed by atoms with E-state index in [1.54, 1.807) is 11.8 Å². The van der Waals surface area contributed by atoms with Crippen LogP contribution in [0, 0.1) is 0 Å². The van der Waals surface area contributed by atoms with Gasteiger partial charge in [0, 0.05) is 24.4 Å². The topological polar surface area (TPSA) is 97.3 Å². The van der Waals surface area contributed by atoms with Gasteiger partial charge in [0.05, 0.1) is 19.2 Å². The standard InChI is InChI=1S/C20H25N5O3/c1-12-9-18(26)23-20(21-12)25-17(11-16(24-25)14-5-6-14)22-19(27)10-13-3-7-15(28-2)8-4-13/h3-4,7-8,11-12,14,20-21H,5-6,9-10H2,1-2H3,(H,22,27)(H,23,26). The second-order valence-corrected chi connectivity index (χ2v) is 7.49. The average molecular weight is 383 g/mol. The van der Waals surface area contributed by atoms with E-state index >= 15 is 0 Å². The predicted octanol–water partition coefficient (Wildman–Crippen LogP) is 1.90. The van der Waals surface area contributed by atoms with Gasteiger partial charge in [0.15, 0.2) is 6.29 Å². The summed E-state index contributed by atoms with van der Waals surface area (Å²) < 4.78 is 6.82. The maximum absolute atomic E-state index is 12.6. The Morgan fingerprint density at radius 2 is 2.07 bits per heavy atom. The summed E-state index contributed by atoms with van der Waals surface area (Å²) in [5.41, 5.74) is 1.85. The molecule has 0 radical (unpaired) electrons. The molecule has 2 atom stereocenters. The van der Waals surface area contributed by atoms with E-state index in [-0.39, 0.29) is 24.3 Å². The molecule has 2 unspecified atom stereocenters. The molecule has 4 rings (SSSR count). The van der Waals surface area contributed by atoms with E-state index in [9.17, 15) is 9.59 Å². The Morgan fingerprint density at radius 3 is 2.71 bits per heavy atom. The van der Waals surface area contributed by atoms with Crippen molar-refractivity contribution in [3.63, 3.8) is 0 Å². The van der Waals surface area contributed by atoms with Crippen molar-refractivity contribution in [1.82, 2.24) is 20.4 Å². The number of methoxy groups -OCH3 is 1. The van der Waals surface area contributed by atoms with Crippen LogP contribution in [0.2, 0.25) is 0 Å². The number of amides is 2. The van der Waals surface area contributed by atoms with E-state index in [2.05, 4.69) is 21.0 Å². The van der Waals surface area contributed by atoms with Crippen molar-refractivity contribution in [1.29, 1.82) is 0 Å². The molecule has 8 nitrogen and oxygen atoms in total.